The monoisotopic (exact) mass is 412 g/mol. The number of hydrogen-bond acceptors (Lipinski definition) is 5. The number of thiophene rings is 1. The maximum atomic E-state index is 12.4. The van der Waals surface area contributed by atoms with Gasteiger partial charge in [-0.15, -0.1) is 11.3 Å². The van der Waals surface area contributed by atoms with Crippen LogP contribution in [0.5, 0.6) is 0 Å². The van der Waals surface area contributed by atoms with Gasteiger partial charge in [-0.1, -0.05) is 11.6 Å². The Morgan fingerprint density at radius 3 is 2.76 bits per heavy atom. The van der Waals surface area contributed by atoms with Crippen molar-refractivity contribution in [1.29, 1.82) is 0 Å². The highest BCUT2D eigenvalue weighted by atomic mass is 79.9. The number of nitrogens with one attached hydrogen (secondary N) is 2. The summed E-state index contributed by atoms with van der Waals surface area (Å²) in [6.45, 7) is 2.21. The third kappa shape index (κ3) is 4.08. The van der Waals surface area contributed by atoms with Gasteiger partial charge in [-0.3, -0.25) is 0 Å². The largest absolute Gasteiger partial charge is 0.452 e. The highest BCUT2D eigenvalue weighted by Gasteiger charge is 2.25. The molecule has 1 unspecified atom stereocenters. The predicted molar refractivity (Wildman–Crippen MR) is 87.2 cm³/mol. The van der Waals surface area contributed by atoms with E-state index in [4.69, 9.17) is 16.0 Å². The molecule has 0 aliphatic heterocycles. The van der Waals surface area contributed by atoms with Gasteiger partial charge in [0.05, 0.1) is 16.9 Å². The van der Waals surface area contributed by atoms with Crippen LogP contribution in [-0.4, -0.2) is 15.5 Å². The number of rotatable bonds is 6. The van der Waals surface area contributed by atoms with Crippen LogP contribution < -0.4 is 10.0 Å². The van der Waals surface area contributed by atoms with E-state index in [1.54, 1.807) is 26.1 Å². The fraction of sp³-hybridized carbons (Fsp3) is 0.333. The van der Waals surface area contributed by atoms with Crippen LogP contribution in [-0.2, 0) is 16.6 Å². The Morgan fingerprint density at radius 2 is 2.19 bits per heavy atom. The van der Waals surface area contributed by atoms with Crippen LogP contribution >= 0.6 is 38.9 Å². The molecule has 0 fully saturated rings. The molecule has 116 valence electrons. The molecule has 5 nitrogen and oxygen atoms in total. The fourth-order valence-electron chi connectivity index (χ4n) is 1.76. The van der Waals surface area contributed by atoms with Gasteiger partial charge in [0.2, 0.25) is 10.0 Å². The highest BCUT2D eigenvalue weighted by Crippen LogP contribution is 2.30. The first kappa shape index (κ1) is 17.0. The van der Waals surface area contributed by atoms with Gasteiger partial charge in [0.1, 0.15) is 10.7 Å². The van der Waals surface area contributed by atoms with Gasteiger partial charge in [-0.25, -0.2) is 13.1 Å². The standard InChI is InChI=1S/C12H14BrClN2O3S2/c1-7(9-3-4-11(14)20-9)16-21(17,18)10-5-8(6-15-2)19-12(10)13/h3-5,7,15-16H,6H2,1-2H3. The molecule has 2 rings (SSSR count). The zero-order valence-corrected chi connectivity index (χ0v) is 15.3. The number of halogens is 2. The Balaban J connectivity index is 2.22. The van der Waals surface area contributed by atoms with Crippen molar-refractivity contribution in [3.63, 3.8) is 0 Å². The van der Waals surface area contributed by atoms with E-state index in [0.29, 0.717) is 16.6 Å². The Labute approximate surface area is 140 Å². The Morgan fingerprint density at radius 1 is 1.48 bits per heavy atom. The van der Waals surface area contributed by atoms with Gasteiger partial charge in [0, 0.05) is 10.9 Å². The molecule has 2 aromatic heterocycles. The van der Waals surface area contributed by atoms with Crippen LogP contribution in [0, 0.1) is 0 Å². The zero-order valence-electron chi connectivity index (χ0n) is 11.3. The maximum absolute atomic E-state index is 12.4. The molecular formula is C12H14BrClN2O3S2. The summed E-state index contributed by atoms with van der Waals surface area (Å²) in [5.41, 5.74) is 0. The second-order valence-electron chi connectivity index (χ2n) is 4.37. The number of hydrogen-bond donors (Lipinski definition) is 2. The summed E-state index contributed by atoms with van der Waals surface area (Å²) < 4.78 is 33.6. The second-order valence-corrected chi connectivity index (χ2v) is 8.52. The van der Waals surface area contributed by atoms with Crippen LogP contribution in [0.4, 0.5) is 0 Å². The summed E-state index contributed by atoms with van der Waals surface area (Å²) >= 11 is 10.4. The van der Waals surface area contributed by atoms with Gasteiger partial charge >= 0.3 is 0 Å². The SMILES string of the molecule is CNCc1cc(S(=O)(=O)NC(C)c2ccc(Cl)s2)c(Br)o1. The van der Waals surface area contributed by atoms with E-state index < -0.39 is 10.0 Å². The lowest BCUT2D eigenvalue weighted by Gasteiger charge is -2.11. The van der Waals surface area contributed by atoms with Gasteiger partial charge in [-0.2, -0.15) is 0 Å². The molecule has 0 amide bonds. The summed E-state index contributed by atoms with van der Waals surface area (Å²) in [4.78, 5) is 0.931. The van der Waals surface area contributed by atoms with E-state index in [1.807, 2.05) is 0 Å². The van der Waals surface area contributed by atoms with Crippen molar-refractivity contribution >= 4 is 48.9 Å². The molecule has 0 aliphatic carbocycles. The third-order valence-corrected chi connectivity index (χ3v) is 6.51. The third-order valence-electron chi connectivity index (χ3n) is 2.70. The highest BCUT2D eigenvalue weighted by molar-refractivity contribution is 9.10. The van der Waals surface area contributed by atoms with E-state index in [2.05, 4.69) is 26.0 Å². The van der Waals surface area contributed by atoms with Crippen LogP contribution in [0.1, 0.15) is 23.6 Å². The smallest absolute Gasteiger partial charge is 0.245 e. The maximum Gasteiger partial charge on any atom is 0.245 e. The van der Waals surface area contributed by atoms with Crippen molar-refractivity contribution in [2.75, 3.05) is 7.05 Å². The van der Waals surface area contributed by atoms with Crippen LogP contribution in [0.3, 0.4) is 0 Å². The minimum atomic E-state index is -3.68. The Hall–Kier alpha value is -0.380. The molecule has 21 heavy (non-hydrogen) atoms. The van der Waals surface area contributed by atoms with Crippen molar-refractivity contribution in [3.05, 3.63) is 37.8 Å². The van der Waals surface area contributed by atoms with Gasteiger partial charge < -0.3 is 9.73 Å². The summed E-state index contributed by atoms with van der Waals surface area (Å²) in [5.74, 6) is 0.538. The van der Waals surface area contributed by atoms with Crippen molar-refractivity contribution < 1.29 is 12.8 Å². The fourth-order valence-corrected chi connectivity index (χ4v) is 5.12. The topological polar surface area (TPSA) is 71.3 Å². The second kappa shape index (κ2) is 6.80. The Kier molecular flexibility index (Phi) is 5.50. The average Bonchev–Trinajstić information content (AvgIpc) is 2.96. The quantitative estimate of drug-likeness (QED) is 0.760. The molecule has 2 N–H and O–H groups in total. The van der Waals surface area contributed by atoms with E-state index in [0.717, 1.165) is 4.88 Å². The van der Waals surface area contributed by atoms with Gasteiger partial charge in [-0.05, 0) is 42.0 Å². The average molecular weight is 414 g/mol. The lowest BCUT2D eigenvalue weighted by Crippen LogP contribution is -2.26. The molecule has 0 radical (unpaired) electrons. The lowest BCUT2D eigenvalue weighted by atomic mass is 10.3. The molecule has 0 saturated carbocycles. The van der Waals surface area contributed by atoms with E-state index in [1.165, 1.54) is 17.4 Å². The molecule has 1 atom stereocenters. The Bertz CT molecular complexity index is 727. The normalized spacial score (nSPS) is 13.5. The van der Waals surface area contributed by atoms with E-state index >= 15 is 0 Å². The number of furan rings is 1. The van der Waals surface area contributed by atoms with Crippen LogP contribution in [0.15, 0.2) is 32.2 Å². The summed E-state index contributed by atoms with van der Waals surface area (Å²) in [6.07, 6.45) is 0. The van der Waals surface area contributed by atoms with Gasteiger partial charge in [0.25, 0.3) is 0 Å². The van der Waals surface area contributed by atoms with Crippen molar-refractivity contribution in [1.82, 2.24) is 10.0 Å². The molecule has 0 aliphatic rings. The van der Waals surface area contributed by atoms with Gasteiger partial charge in [0.15, 0.2) is 4.67 Å². The van der Waals surface area contributed by atoms with Crippen LogP contribution in [0.2, 0.25) is 4.34 Å². The van der Waals surface area contributed by atoms with Crippen LogP contribution in [0.25, 0.3) is 0 Å². The van der Waals surface area contributed by atoms with Crippen molar-refractivity contribution in [2.45, 2.75) is 24.4 Å². The first-order valence-corrected chi connectivity index (χ1v) is 9.51. The van der Waals surface area contributed by atoms with Crippen molar-refractivity contribution in [3.8, 4) is 0 Å². The summed E-state index contributed by atoms with van der Waals surface area (Å²) in [7, 11) is -1.93. The molecule has 0 spiro atoms. The predicted octanol–water partition coefficient (Wildman–Crippen LogP) is 3.52. The van der Waals surface area contributed by atoms with Crippen molar-refractivity contribution in [2.24, 2.45) is 0 Å². The van der Waals surface area contributed by atoms with E-state index in [-0.39, 0.29) is 15.6 Å². The summed E-state index contributed by atoms with van der Waals surface area (Å²) in [5, 5.41) is 2.90. The molecule has 9 heteroatoms. The molecule has 0 bridgehead atoms. The summed E-state index contributed by atoms with van der Waals surface area (Å²) in [6, 6.07) is 4.67. The van der Waals surface area contributed by atoms with E-state index in [9.17, 15) is 8.42 Å². The zero-order chi connectivity index (χ0) is 15.6. The first-order chi connectivity index (χ1) is 9.83. The first-order valence-electron chi connectivity index (χ1n) is 6.04. The number of sulfonamides is 1. The minimum Gasteiger partial charge on any atom is -0.452 e. The molecule has 2 aromatic rings. The lowest BCUT2D eigenvalue weighted by molar-refractivity contribution is 0.470. The molecule has 0 aromatic carbocycles. The molecule has 0 saturated heterocycles. The minimum absolute atomic E-state index is 0.0854. The molecular weight excluding hydrogens is 400 g/mol. The molecule has 2 heterocycles.